The molecule has 0 aliphatic carbocycles. The van der Waals surface area contributed by atoms with Crippen molar-refractivity contribution in [2.24, 2.45) is 0 Å². The first kappa shape index (κ1) is 30.0. The molecule has 0 aromatic heterocycles. The summed E-state index contributed by atoms with van der Waals surface area (Å²) in [6.45, 7) is 0. The van der Waals surface area contributed by atoms with Gasteiger partial charge in [-0.05, 0) is 87.2 Å². The molecule has 4 heteroatoms. The third kappa shape index (κ3) is 4.40. The number of hydrogen-bond donors (Lipinski definition) is 0. The number of benzene rings is 8. The predicted molar refractivity (Wildman–Crippen MR) is 216 cm³/mol. The summed E-state index contributed by atoms with van der Waals surface area (Å²) in [4.78, 5) is 2.29. The van der Waals surface area contributed by atoms with Crippen molar-refractivity contribution in [1.29, 1.82) is 0 Å². The normalized spacial score (nSPS) is 14.4. The lowest BCUT2D eigenvalue weighted by Gasteiger charge is -2.47. The van der Waals surface area contributed by atoms with Gasteiger partial charge in [-0.2, -0.15) is 0 Å². The van der Waals surface area contributed by atoms with Crippen molar-refractivity contribution in [1.82, 2.24) is 0 Å². The molecule has 8 aromatic carbocycles. The average Bonchev–Trinajstić information content (AvgIpc) is 3.23. The van der Waals surface area contributed by atoms with Gasteiger partial charge in [-0.15, -0.1) is 0 Å². The highest BCUT2D eigenvalue weighted by atomic mass is 28.3. The van der Waals surface area contributed by atoms with Crippen LogP contribution < -0.4 is 29.9 Å². The van der Waals surface area contributed by atoms with Gasteiger partial charge in [0.25, 0.3) is 0 Å². The van der Waals surface area contributed by atoms with Gasteiger partial charge in [-0.3, -0.25) is 0 Å². The molecule has 8 aromatic rings. The maximum Gasteiger partial charge on any atom is 0.155 e. The van der Waals surface area contributed by atoms with Crippen molar-refractivity contribution >= 4 is 41.4 Å². The van der Waals surface area contributed by atoms with Gasteiger partial charge >= 0.3 is 0 Å². The second kappa shape index (κ2) is 11.7. The molecule has 11 rings (SSSR count). The fourth-order valence-corrected chi connectivity index (χ4v) is 11.9. The number of nitrogens with zero attached hydrogens (tertiary/aromatic N) is 1. The molecular weight excluding hydrogens is 663 g/mol. The highest BCUT2D eigenvalue weighted by molar-refractivity contribution is 6.96. The molecule has 0 fully saturated rings. The number of ether oxygens (including phenoxy) is 2. The Morgan fingerprint density at radius 3 is 1.53 bits per heavy atom. The van der Waals surface area contributed by atoms with E-state index in [1.165, 1.54) is 48.9 Å². The number of anilines is 3. The van der Waals surface area contributed by atoms with E-state index in [-0.39, 0.29) is 0 Å². The Morgan fingerprint density at radius 1 is 0.377 bits per heavy atom. The Balaban J connectivity index is 1.13. The van der Waals surface area contributed by atoms with E-state index in [0.717, 1.165) is 40.1 Å². The van der Waals surface area contributed by atoms with Crippen LogP contribution in [0.15, 0.2) is 194 Å². The molecule has 0 atom stereocenters. The monoisotopic (exact) mass is 694 g/mol. The van der Waals surface area contributed by atoms with Crippen LogP contribution in [0.25, 0.3) is 11.1 Å². The van der Waals surface area contributed by atoms with Crippen LogP contribution in [0.2, 0.25) is 0 Å². The summed E-state index contributed by atoms with van der Waals surface area (Å²) in [5.41, 5.74) is 9.97. The van der Waals surface area contributed by atoms with Crippen molar-refractivity contribution in [3.63, 3.8) is 0 Å². The molecule has 3 aliphatic rings. The van der Waals surface area contributed by atoms with E-state index in [2.05, 4.69) is 175 Å². The van der Waals surface area contributed by atoms with Gasteiger partial charge in [0.2, 0.25) is 0 Å². The largest absolute Gasteiger partial charge is 0.457 e. The number of para-hydroxylation sites is 6. The van der Waals surface area contributed by atoms with Crippen molar-refractivity contribution in [3.05, 3.63) is 216 Å². The van der Waals surface area contributed by atoms with Gasteiger partial charge in [-0.1, -0.05) is 145 Å². The Kier molecular flexibility index (Phi) is 6.64. The molecule has 0 saturated carbocycles. The van der Waals surface area contributed by atoms with E-state index in [1.807, 2.05) is 24.3 Å². The number of rotatable bonds is 3. The molecule has 0 amide bonds. The van der Waals surface area contributed by atoms with Crippen LogP contribution in [0, 0.1) is 0 Å². The molecule has 53 heavy (non-hydrogen) atoms. The minimum atomic E-state index is -1.35. The number of fused-ring (bicyclic) bond motifs is 10. The molecule has 0 saturated heterocycles. The molecule has 0 unspecified atom stereocenters. The fourth-order valence-electron chi connectivity index (χ4n) is 8.85. The SMILES string of the molecule is c1ccc([Si]2c3ccccc3C3(c4ccccc4Oc4ccccc43)c3cc(-c4ccc(N5c6ccccc6Oc6ccccc65)cc4)ccc32)cc1. The molecule has 1 radical (unpaired) electrons. The first-order chi connectivity index (χ1) is 26.3. The van der Waals surface area contributed by atoms with Crippen molar-refractivity contribution in [3.8, 4) is 34.1 Å². The van der Waals surface area contributed by atoms with Crippen molar-refractivity contribution in [2.75, 3.05) is 4.90 Å². The summed E-state index contributed by atoms with van der Waals surface area (Å²) in [7, 11) is -1.35. The molecule has 249 valence electrons. The molecule has 1 spiro atoms. The third-order valence-electron chi connectivity index (χ3n) is 11.0. The molecule has 3 aliphatic heterocycles. The van der Waals surface area contributed by atoms with E-state index in [9.17, 15) is 0 Å². The summed E-state index contributed by atoms with van der Waals surface area (Å²) >= 11 is 0. The average molecular weight is 695 g/mol. The molecule has 0 N–H and O–H groups in total. The summed E-state index contributed by atoms with van der Waals surface area (Å²) in [6.07, 6.45) is 0. The van der Waals surface area contributed by atoms with E-state index >= 15 is 0 Å². The zero-order chi connectivity index (χ0) is 34.9. The standard InChI is InChI=1S/C49H32NO2Si/c1-2-14-36(15-3-1)53-47-25-13-6-18-39(47)49(37-16-4-9-21-43(37)51-44-22-10-5-17-38(44)49)40-32-34(28-31-48(40)53)33-26-29-35(30-27-33)50-41-19-7-11-23-45(41)52-46-24-12-8-20-42(46)50/h1-32H. The van der Waals surface area contributed by atoms with Crippen LogP contribution in [0.3, 0.4) is 0 Å². The van der Waals surface area contributed by atoms with Gasteiger partial charge in [0.05, 0.1) is 16.8 Å². The molecule has 0 bridgehead atoms. The molecular formula is C49H32NO2Si. The maximum absolute atomic E-state index is 6.68. The van der Waals surface area contributed by atoms with Crippen LogP contribution in [0.5, 0.6) is 23.0 Å². The van der Waals surface area contributed by atoms with Crippen LogP contribution >= 0.6 is 0 Å². The van der Waals surface area contributed by atoms with Crippen LogP contribution in [0.1, 0.15) is 22.3 Å². The highest BCUT2D eigenvalue weighted by Crippen LogP contribution is 2.56. The first-order valence-corrected chi connectivity index (χ1v) is 19.6. The van der Waals surface area contributed by atoms with Crippen LogP contribution in [-0.2, 0) is 5.41 Å². The lowest BCUT2D eigenvalue weighted by molar-refractivity contribution is 0.435. The minimum Gasteiger partial charge on any atom is -0.457 e. The minimum absolute atomic E-state index is 0.558. The smallest absolute Gasteiger partial charge is 0.155 e. The number of hydrogen-bond acceptors (Lipinski definition) is 3. The van der Waals surface area contributed by atoms with Gasteiger partial charge in [0.1, 0.15) is 11.5 Å². The zero-order valence-corrected chi connectivity index (χ0v) is 29.7. The lowest BCUT2D eigenvalue weighted by Crippen LogP contribution is -2.62. The summed E-state index contributed by atoms with van der Waals surface area (Å²) in [6, 6.07) is 70.2. The summed E-state index contributed by atoms with van der Waals surface area (Å²) < 4.78 is 13.0. The second-order valence-corrected chi connectivity index (χ2v) is 16.2. The third-order valence-corrected chi connectivity index (χ3v) is 13.9. The zero-order valence-electron chi connectivity index (χ0n) is 28.7. The molecule has 3 nitrogen and oxygen atoms in total. The summed E-state index contributed by atoms with van der Waals surface area (Å²) in [5.74, 6) is 3.51. The fraction of sp³-hybridized carbons (Fsp3) is 0.0204. The second-order valence-electron chi connectivity index (χ2n) is 13.8. The van der Waals surface area contributed by atoms with Crippen LogP contribution in [-0.4, -0.2) is 8.80 Å². The lowest BCUT2D eigenvalue weighted by atomic mass is 9.63. The predicted octanol–water partition coefficient (Wildman–Crippen LogP) is 10.2. The van der Waals surface area contributed by atoms with Crippen molar-refractivity contribution in [2.45, 2.75) is 5.41 Å². The Morgan fingerprint density at radius 2 is 0.868 bits per heavy atom. The topological polar surface area (TPSA) is 21.7 Å². The van der Waals surface area contributed by atoms with Gasteiger partial charge in [0.15, 0.2) is 20.3 Å². The van der Waals surface area contributed by atoms with Crippen LogP contribution in [0.4, 0.5) is 17.1 Å². The van der Waals surface area contributed by atoms with E-state index in [1.54, 1.807) is 0 Å². The van der Waals surface area contributed by atoms with Gasteiger partial charge in [-0.25, -0.2) is 0 Å². The van der Waals surface area contributed by atoms with E-state index < -0.39 is 14.2 Å². The quantitative estimate of drug-likeness (QED) is 0.172. The Hall–Kier alpha value is -6.62. The highest BCUT2D eigenvalue weighted by Gasteiger charge is 2.51. The van der Waals surface area contributed by atoms with E-state index in [0.29, 0.717) is 0 Å². The molecule has 3 heterocycles. The Labute approximate surface area is 310 Å². The van der Waals surface area contributed by atoms with Gasteiger partial charge < -0.3 is 14.4 Å². The van der Waals surface area contributed by atoms with Gasteiger partial charge in [0, 0.05) is 16.8 Å². The summed E-state index contributed by atoms with van der Waals surface area (Å²) in [5, 5.41) is 4.22. The maximum atomic E-state index is 6.68. The first-order valence-electron chi connectivity index (χ1n) is 18.1. The Bertz CT molecular complexity index is 2610. The van der Waals surface area contributed by atoms with E-state index in [4.69, 9.17) is 9.47 Å². The van der Waals surface area contributed by atoms with Crippen molar-refractivity contribution < 1.29 is 9.47 Å².